The Kier molecular flexibility index (Phi) is 7.33. The van der Waals surface area contributed by atoms with Crippen LogP contribution >= 0.6 is 0 Å². The number of amides is 1. The van der Waals surface area contributed by atoms with E-state index in [0.29, 0.717) is 33.9 Å². The maximum atomic E-state index is 13.5. The summed E-state index contributed by atoms with van der Waals surface area (Å²) in [6.07, 6.45) is -4.33. The minimum Gasteiger partial charge on any atom is -0.497 e. The summed E-state index contributed by atoms with van der Waals surface area (Å²) < 4.78 is 79.3. The molecule has 0 saturated carbocycles. The van der Waals surface area contributed by atoms with Gasteiger partial charge in [-0.2, -0.15) is 13.2 Å². The van der Waals surface area contributed by atoms with E-state index in [2.05, 4.69) is 5.32 Å². The standard InChI is InChI=1S/C27H27F3N2O5S/c1-26(2)16-23(22-15-20(36-3)12-13-24(22)37-26)31-25(33)17-32(38(34,35)21-10-5-4-6-11-21)19-9-7-8-18(14-19)27(28,29)30/h4-15,23H,16-17H2,1-3H3,(H,31,33). The molecular weight excluding hydrogens is 521 g/mol. The van der Waals surface area contributed by atoms with E-state index in [1.165, 1.54) is 37.4 Å². The van der Waals surface area contributed by atoms with E-state index in [0.717, 1.165) is 12.1 Å². The van der Waals surface area contributed by atoms with Crippen LogP contribution in [0.1, 0.15) is 37.4 Å². The Balaban J connectivity index is 1.69. The van der Waals surface area contributed by atoms with Crippen LogP contribution < -0.4 is 19.1 Å². The number of halogens is 3. The monoisotopic (exact) mass is 548 g/mol. The number of carbonyl (C=O) groups excluding carboxylic acids is 1. The molecule has 1 N–H and O–H groups in total. The number of fused-ring (bicyclic) bond motifs is 1. The van der Waals surface area contributed by atoms with Gasteiger partial charge in [-0.25, -0.2) is 8.42 Å². The smallest absolute Gasteiger partial charge is 0.416 e. The van der Waals surface area contributed by atoms with Crippen molar-refractivity contribution in [3.05, 3.63) is 83.9 Å². The Hall–Kier alpha value is -3.73. The molecule has 0 radical (unpaired) electrons. The van der Waals surface area contributed by atoms with E-state index < -0.39 is 45.9 Å². The van der Waals surface area contributed by atoms with Gasteiger partial charge < -0.3 is 14.8 Å². The predicted octanol–water partition coefficient (Wildman–Crippen LogP) is 5.33. The Labute approximate surface area is 219 Å². The Morgan fingerprint density at radius 1 is 1.08 bits per heavy atom. The highest BCUT2D eigenvalue weighted by molar-refractivity contribution is 7.92. The third kappa shape index (κ3) is 5.88. The van der Waals surface area contributed by atoms with Crippen LogP contribution in [0.25, 0.3) is 0 Å². The van der Waals surface area contributed by atoms with Gasteiger partial charge >= 0.3 is 6.18 Å². The van der Waals surface area contributed by atoms with Crippen LogP contribution in [0.3, 0.4) is 0 Å². The molecule has 0 bridgehead atoms. The fourth-order valence-corrected chi connectivity index (χ4v) is 5.76. The molecule has 0 fully saturated rings. The maximum Gasteiger partial charge on any atom is 0.416 e. The summed E-state index contributed by atoms with van der Waals surface area (Å²) in [6.45, 7) is 2.97. The molecule has 11 heteroatoms. The van der Waals surface area contributed by atoms with Crippen molar-refractivity contribution >= 4 is 21.6 Å². The summed E-state index contributed by atoms with van der Waals surface area (Å²) in [5, 5.41) is 2.85. The van der Waals surface area contributed by atoms with Gasteiger partial charge in [0.1, 0.15) is 23.6 Å². The first-order chi connectivity index (χ1) is 17.8. The zero-order valence-electron chi connectivity index (χ0n) is 21.0. The van der Waals surface area contributed by atoms with Crippen molar-refractivity contribution < 1.29 is 35.9 Å². The molecule has 1 amide bonds. The molecular formula is C27H27F3N2O5S. The first-order valence-electron chi connectivity index (χ1n) is 11.7. The molecule has 3 aromatic carbocycles. The number of nitrogens with one attached hydrogen (secondary N) is 1. The zero-order chi connectivity index (χ0) is 27.7. The highest BCUT2D eigenvalue weighted by Crippen LogP contribution is 2.41. The number of nitrogens with zero attached hydrogens (tertiary/aromatic N) is 1. The van der Waals surface area contributed by atoms with Gasteiger partial charge in [0.15, 0.2) is 0 Å². The normalized spacial score (nSPS) is 16.6. The summed E-state index contributed by atoms with van der Waals surface area (Å²) in [5.74, 6) is 0.390. The number of benzene rings is 3. The lowest BCUT2D eigenvalue weighted by Gasteiger charge is -2.38. The number of hydrogen-bond acceptors (Lipinski definition) is 5. The van der Waals surface area contributed by atoms with Crippen LogP contribution in [-0.2, 0) is 21.0 Å². The highest BCUT2D eigenvalue weighted by atomic mass is 32.2. The SMILES string of the molecule is COc1ccc2c(c1)C(NC(=O)CN(c1cccc(C(F)(F)F)c1)S(=O)(=O)c1ccccc1)CC(C)(C)O2. The third-order valence-corrected chi connectivity index (χ3v) is 7.88. The zero-order valence-corrected chi connectivity index (χ0v) is 21.8. The second kappa shape index (κ2) is 10.2. The molecule has 1 aliphatic rings. The number of anilines is 1. The second-order valence-corrected chi connectivity index (χ2v) is 11.3. The molecule has 0 aromatic heterocycles. The van der Waals surface area contributed by atoms with E-state index >= 15 is 0 Å². The first kappa shape index (κ1) is 27.3. The molecule has 1 aliphatic heterocycles. The molecule has 38 heavy (non-hydrogen) atoms. The van der Waals surface area contributed by atoms with Crippen LogP contribution in [0.4, 0.5) is 18.9 Å². The van der Waals surface area contributed by atoms with Crippen molar-refractivity contribution in [2.24, 2.45) is 0 Å². The number of hydrogen-bond donors (Lipinski definition) is 1. The van der Waals surface area contributed by atoms with Crippen LogP contribution in [0.5, 0.6) is 11.5 Å². The van der Waals surface area contributed by atoms with E-state index in [1.807, 2.05) is 13.8 Å². The summed E-state index contributed by atoms with van der Waals surface area (Å²) >= 11 is 0. The van der Waals surface area contributed by atoms with E-state index in [1.54, 1.807) is 24.3 Å². The van der Waals surface area contributed by atoms with Crippen molar-refractivity contribution in [2.75, 3.05) is 18.0 Å². The maximum absolute atomic E-state index is 13.5. The molecule has 7 nitrogen and oxygen atoms in total. The molecule has 1 unspecified atom stereocenters. The van der Waals surface area contributed by atoms with Crippen molar-refractivity contribution in [3.63, 3.8) is 0 Å². The fourth-order valence-electron chi connectivity index (χ4n) is 4.33. The summed E-state index contributed by atoms with van der Waals surface area (Å²) in [5.41, 5.74) is -1.31. The van der Waals surface area contributed by atoms with Gasteiger partial charge in [0.05, 0.1) is 29.3 Å². The van der Waals surface area contributed by atoms with Crippen molar-refractivity contribution in [1.29, 1.82) is 0 Å². The van der Waals surface area contributed by atoms with Crippen LogP contribution in [0.2, 0.25) is 0 Å². The predicted molar refractivity (Wildman–Crippen MR) is 136 cm³/mol. The highest BCUT2D eigenvalue weighted by Gasteiger charge is 2.37. The van der Waals surface area contributed by atoms with E-state index in [9.17, 15) is 26.4 Å². The van der Waals surface area contributed by atoms with Crippen molar-refractivity contribution in [1.82, 2.24) is 5.32 Å². The van der Waals surface area contributed by atoms with Crippen molar-refractivity contribution in [3.8, 4) is 11.5 Å². The lowest BCUT2D eigenvalue weighted by Crippen LogP contribution is -2.45. The van der Waals surface area contributed by atoms with Crippen LogP contribution in [0.15, 0.2) is 77.7 Å². The van der Waals surface area contributed by atoms with Gasteiger partial charge in [0.2, 0.25) is 5.91 Å². The second-order valence-electron chi connectivity index (χ2n) is 9.46. The molecule has 1 heterocycles. The number of alkyl halides is 3. The Morgan fingerprint density at radius 3 is 2.45 bits per heavy atom. The van der Waals surface area contributed by atoms with E-state index in [-0.39, 0.29) is 10.6 Å². The average molecular weight is 549 g/mol. The summed E-state index contributed by atoms with van der Waals surface area (Å²) in [6, 6.07) is 15.7. The molecule has 0 saturated heterocycles. The minimum absolute atomic E-state index is 0.160. The number of carbonyl (C=O) groups is 1. The number of ether oxygens (including phenoxy) is 2. The summed E-state index contributed by atoms with van der Waals surface area (Å²) in [7, 11) is -2.88. The molecule has 3 aromatic rings. The van der Waals surface area contributed by atoms with Gasteiger partial charge in [-0.15, -0.1) is 0 Å². The molecule has 0 aliphatic carbocycles. The minimum atomic E-state index is -4.70. The topological polar surface area (TPSA) is 84.9 Å². The van der Waals surface area contributed by atoms with Gasteiger partial charge in [0.25, 0.3) is 10.0 Å². The third-order valence-electron chi connectivity index (χ3n) is 6.09. The summed E-state index contributed by atoms with van der Waals surface area (Å²) in [4.78, 5) is 13.2. The van der Waals surface area contributed by atoms with E-state index in [4.69, 9.17) is 9.47 Å². The number of methoxy groups -OCH3 is 1. The Morgan fingerprint density at radius 2 is 1.79 bits per heavy atom. The fraction of sp³-hybridized carbons (Fsp3) is 0.296. The lowest BCUT2D eigenvalue weighted by molar-refractivity contribution is -0.137. The largest absolute Gasteiger partial charge is 0.497 e. The first-order valence-corrected chi connectivity index (χ1v) is 13.2. The van der Waals surface area contributed by atoms with Gasteiger partial charge in [-0.05, 0) is 62.4 Å². The lowest BCUT2D eigenvalue weighted by atomic mass is 9.89. The van der Waals surface area contributed by atoms with Crippen molar-refractivity contribution in [2.45, 2.75) is 43.0 Å². The van der Waals surface area contributed by atoms with Gasteiger partial charge in [-0.1, -0.05) is 24.3 Å². The molecule has 202 valence electrons. The molecule has 1 atom stereocenters. The van der Waals surface area contributed by atoms with Gasteiger partial charge in [0, 0.05) is 12.0 Å². The molecule has 4 rings (SSSR count). The van der Waals surface area contributed by atoms with Gasteiger partial charge in [-0.3, -0.25) is 9.10 Å². The Bertz CT molecular complexity index is 1430. The number of sulfonamides is 1. The molecule has 0 spiro atoms. The van der Waals surface area contributed by atoms with Crippen LogP contribution in [-0.4, -0.2) is 33.6 Å². The average Bonchev–Trinajstić information content (AvgIpc) is 2.86. The van der Waals surface area contributed by atoms with Crippen LogP contribution in [0, 0.1) is 0 Å². The quantitative estimate of drug-likeness (QED) is 0.432. The number of rotatable bonds is 7.